The van der Waals surface area contributed by atoms with Crippen LogP contribution >= 0.6 is 11.6 Å². The molecule has 0 aliphatic carbocycles. The standard InChI is InChI=1S/C23H14ClNO/c24-21-11-6-10-19(23(21)26)20-15-25-22-12-5-4-9-18(22)17(20)14-13-16-7-2-1-3-8-16/h1-12,15,26H. The Bertz CT molecular complexity index is 1160. The molecule has 4 aromatic rings. The zero-order valence-corrected chi connectivity index (χ0v) is 14.5. The summed E-state index contributed by atoms with van der Waals surface area (Å²) in [6, 6.07) is 22.9. The number of hydrogen-bond donors (Lipinski definition) is 1. The Hall–Kier alpha value is -3.28. The normalized spacial score (nSPS) is 10.3. The summed E-state index contributed by atoms with van der Waals surface area (Å²) in [4.78, 5) is 4.52. The van der Waals surface area contributed by atoms with Gasteiger partial charge in [-0.05, 0) is 24.3 Å². The molecule has 4 rings (SSSR count). The molecule has 26 heavy (non-hydrogen) atoms. The lowest BCUT2D eigenvalue weighted by atomic mass is 9.97. The molecule has 0 saturated heterocycles. The molecule has 0 fully saturated rings. The van der Waals surface area contributed by atoms with Crippen molar-refractivity contribution >= 4 is 22.5 Å². The van der Waals surface area contributed by atoms with E-state index >= 15 is 0 Å². The molecule has 1 N–H and O–H groups in total. The summed E-state index contributed by atoms with van der Waals surface area (Å²) in [6.07, 6.45) is 1.74. The van der Waals surface area contributed by atoms with Gasteiger partial charge in [0.2, 0.25) is 0 Å². The van der Waals surface area contributed by atoms with Gasteiger partial charge in [0, 0.05) is 33.8 Å². The first-order valence-corrected chi connectivity index (χ1v) is 8.54. The number of para-hydroxylation sites is 2. The molecule has 0 unspecified atom stereocenters. The molecule has 0 aliphatic rings. The van der Waals surface area contributed by atoms with E-state index < -0.39 is 0 Å². The van der Waals surface area contributed by atoms with Gasteiger partial charge in [-0.1, -0.05) is 72.0 Å². The molecule has 0 atom stereocenters. The van der Waals surface area contributed by atoms with Gasteiger partial charge >= 0.3 is 0 Å². The molecule has 0 aliphatic heterocycles. The number of nitrogens with zero attached hydrogens (tertiary/aromatic N) is 1. The summed E-state index contributed by atoms with van der Waals surface area (Å²) in [5.74, 6) is 6.51. The van der Waals surface area contributed by atoms with Crippen LogP contribution < -0.4 is 0 Å². The minimum atomic E-state index is 0.0361. The van der Waals surface area contributed by atoms with Crippen molar-refractivity contribution in [3.05, 3.63) is 95.1 Å². The predicted octanol–water partition coefficient (Wildman–Crippen LogP) is 5.66. The fourth-order valence-electron chi connectivity index (χ4n) is 2.87. The zero-order chi connectivity index (χ0) is 17.9. The molecule has 0 bridgehead atoms. The van der Waals surface area contributed by atoms with Crippen LogP contribution in [0.2, 0.25) is 5.02 Å². The third kappa shape index (κ3) is 3.01. The monoisotopic (exact) mass is 355 g/mol. The number of benzene rings is 3. The van der Waals surface area contributed by atoms with Crippen molar-refractivity contribution in [1.29, 1.82) is 0 Å². The van der Waals surface area contributed by atoms with Crippen LogP contribution in [0.15, 0.2) is 79.0 Å². The highest BCUT2D eigenvalue weighted by Crippen LogP contribution is 2.37. The van der Waals surface area contributed by atoms with Crippen molar-refractivity contribution in [3.8, 4) is 28.7 Å². The number of phenolic OH excluding ortho intramolecular Hbond substituents is 1. The van der Waals surface area contributed by atoms with E-state index in [1.54, 1.807) is 18.3 Å². The number of aromatic hydroxyl groups is 1. The van der Waals surface area contributed by atoms with E-state index in [-0.39, 0.29) is 5.75 Å². The first-order valence-electron chi connectivity index (χ1n) is 8.17. The van der Waals surface area contributed by atoms with Crippen molar-refractivity contribution < 1.29 is 5.11 Å². The number of hydrogen-bond acceptors (Lipinski definition) is 2. The van der Waals surface area contributed by atoms with Crippen molar-refractivity contribution in [3.63, 3.8) is 0 Å². The third-order valence-corrected chi connectivity index (χ3v) is 4.46. The number of halogens is 1. The van der Waals surface area contributed by atoms with Crippen molar-refractivity contribution in [2.24, 2.45) is 0 Å². The second-order valence-corrected chi connectivity index (χ2v) is 6.22. The van der Waals surface area contributed by atoms with Crippen LogP contribution in [-0.4, -0.2) is 10.1 Å². The fraction of sp³-hybridized carbons (Fsp3) is 0. The minimum Gasteiger partial charge on any atom is -0.506 e. The lowest BCUT2D eigenvalue weighted by Crippen LogP contribution is -1.91. The van der Waals surface area contributed by atoms with Crippen LogP contribution in [0, 0.1) is 11.8 Å². The van der Waals surface area contributed by atoms with E-state index in [1.165, 1.54) is 0 Å². The summed E-state index contributed by atoms with van der Waals surface area (Å²) in [7, 11) is 0. The SMILES string of the molecule is Oc1c(Cl)cccc1-c1cnc2ccccc2c1C#Cc1ccccc1. The van der Waals surface area contributed by atoms with Gasteiger partial charge in [0.15, 0.2) is 0 Å². The van der Waals surface area contributed by atoms with Gasteiger partial charge in [-0.3, -0.25) is 4.98 Å². The molecule has 0 amide bonds. The lowest BCUT2D eigenvalue weighted by molar-refractivity contribution is 0.477. The molecule has 3 aromatic carbocycles. The number of phenols is 1. The number of rotatable bonds is 1. The van der Waals surface area contributed by atoms with E-state index in [0.29, 0.717) is 10.6 Å². The quantitative estimate of drug-likeness (QED) is 0.447. The summed E-state index contributed by atoms with van der Waals surface area (Å²) >= 11 is 6.10. The maximum Gasteiger partial charge on any atom is 0.142 e. The van der Waals surface area contributed by atoms with E-state index in [2.05, 4.69) is 16.8 Å². The minimum absolute atomic E-state index is 0.0361. The van der Waals surface area contributed by atoms with E-state index in [9.17, 15) is 5.11 Å². The Labute approximate surface area is 156 Å². The Morgan fingerprint density at radius 2 is 1.54 bits per heavy atom. The molecule has 1 aromatic heterocycles. The third-order valence-electron chi connectivity index (χ3n) is 4.16. The summed E-state index contributed by atoms with van der Waals surface area (Å²) < 4.78 is 0. The second kappa shape index (κ2) is 6.92. The number of fused-ring (bicyclic) bond motifs is 1. The Kier molecular flexibility index (Phi) is 4.31. The van der Waals surface area contributed by atoms with Crippen molar-refractivity contribution in [2.75, 3.05) is 0 Å². The predicted molar refractivity (Wildman–Crippen MR) is 106 cm³/mol. The fourth-order valence-corrected chi connectivity index (χ4v) is 3.04. The maximum absolute atomic E-state index is 10.4. The zero-order valence-electron chi connectivity index (χ0n) is 13.8. The molecule has 3 heteroatoms. The van der Waals surface area contributed by atoms with Crippen LogP contribution in [0.3, 0.4) is 0 Å². The van der Waals surface area contributed by atoms with Gasteiger partial charge in [-0.25, -0.2) is 0 Å². The van der Waals surface area contributed by atoms with E-state index in [4.69, 9.17) is 11.6 Å². The van der Waals surface area contributed by atoms with Crippen LogP contribution in [0.4, 0.5) is 0 Å². The van der Waals surface area contributed by atoms with Gasteiger partial charge in [-0.15, -0.1) is 0 Å². The average molecular weight is 356 g/mol. The van der Waals surface area contributed by atoms with Crippen LogP contribution in [-0.2, 0) is 0 Å². The highest BCUT2D eigenvalue weighted by atomic mass is 35.5. The molecule has 1 heterocycles. The van der Waals surface area contributed by atoms with E-state index in [0.717, 1.165) is 27.6 Å². The van der Waals surface area contributed by atoms with Crippen LogP contribution in [0.25, 0.3) is 22.0 Å². The molecular formula is C23H14ClNO. The molecule has 0 spiro atoms. The van der Waals surface area contributed by atoms with E-state index in [1.807, 2.05) is 60.7 Å². The highest BCUT2D eigenvalue weighted by Gasteiger charge is 2.14. The maximum atomic E-state index is 10.4. The van der Waals surface area contributed by atoms with Gasteiger partial charge in [0.05, 0.1) is 10.5 Å². The summed E-state index contributed by atoms with van der Waals surface area (Å²) in [5, 5.41) is 11.7. The first-order chi connectivity index (χ1) is 12.7. The van der Waals surface area contributed by atoms with Crippen molar-refractivity contribution in [1.82, 2.24) is 4.98 Å². The van der Waals surface area contributed by atoms with Gasteiger partial charge < -0.3 is 5.11 Å². The Morgan fingerprint density at radius 1 is 0.769 bits per heavy atom. The lowest BCUT2D eigenvalue weighted by Gasteiger charge is -2.10. The largest absolute Gasteiger partial charge is 0.506 e. The molecule has 124 valence electrons. The van der Waals surface area contributed by atoms with Gasteiger partial charge in [0.25, 0.3) is 0 Å². The highest BCUT2D eigenvalue weighted by molar-refractivity contribution is 6.32. The van der Waals surface area contributed by atoms with Crippen molar-refractivity contribution in [2.45, 2.75) is 0 Å². The molecule has 0 radical (unpaired) electrons. The van der Waals surface area contributed by atoms with Gasteiger partial charge in [0.1, 0.15) is 5.75 Å². The average Bonchev–Trinajstić information content (AvgIpc) is 2.69. The van der Waals surface area contributed by atoms with Crippen LogP contribution in [0.1, 0.15) is 11.1 Å². The van der Waals surface area contributed by atoms with Gasteiger partial charge in [-0.2, -0.15) is 0 Å². The number of aromatic nitrogens is 1. The Morgan fingerprint density at radius 3 is 2.38 bits per heavy atom. The molecule has 0 saturated carbocycles. The second-order valence-electron chi connectivity index (χ2n) is 5.82. The summed E-state index contributed by atoms with van der Waals surface area (Å²) in [6.45, 7) is 0. The molecular weight excluding hydrogens is 342 g/mol. The first kappa shape index (κ1) is 16.2. The number of pyridine rings is 1. The Balaban J connectivity index is 1.99. The van der Waals surface area contributed by atoms with Crippen LogP contribution in [0.5, 0.6) is 5.75 Å². The smallest absolute Gasteiger partial charge is 0.142 e. The summed E-state index contributed by atoms with van der Waals surface area (Å²) in [5.41, 5.74) is 3.97. The topological polar surface area (TPSA) is 33.1 Å². The molecule has 2 nitrogen and oxygen atoms in total.